The van der Waals surface area contributed by atoms with Crippen LogP contribution in [0.3, 0.4) is 0 Å². The molecule has 0 saturated heterocycles. The van der Waals surface area contributed by atoms with Gasteiger partial charge in [-0.15, -0.1) is 0 Å². The molecule has 18 nitrogen and oxygen atoms in total. The van der Waals surface area contributed by atoms with Crippen LogP contribution in [0.5, 0.6) is 0 Å². The molecule has 0 aromatic heterocycles. The number of carboxylic acid groups (broad SMARTS) is 2. The molecule has 22 heteroatoms. The summed E-state index contributed by atoms with van der Waals surface area (Å²) in [5.74, 6) is -6.57. The Labute approximate surface area is 297 Å². The molecule has 2 aliphatic rings. The van der Waals surface area contributed by atoms with Gasteiger partial charge in [-0.25, -0.2) is 9.59 Å². The average Bonchev–Trinajstić information content (AvgIpc) is 3.03. The highest BCUT2D eigenvalue weighted by Crippen LogP contribution is 2.29. The Bertz CT molecular complexity index is 2190. The number of anilines is 2. The molecule has 0 fully saturated rings. The lowest BCUT2D eigenvalue weighted by Gasteiger charge is -2.14. The molecule has 0 unspecified atom stereocenters. The van der Waals surface area contributed by atoms with E-state index in [-0.39, 0.29) is 31.5 Å². The predicted molar refractivity (Wildman–Crippen MR) is 182 cm³/mol. The van der Waals surface area contributed by atoms with Crippen LogP contribution in [0.25, 0.3) is 12.2 Å². The summed E-state index contributed by atoms with van der Waals surface area (Å²) in [6, 6.07) is 6.41. The van der Waals surface area contributed by atoms with Gasteiger partial charge in [0.25, 0.3) is 20.2 Å². The van der Waals surface area contributed by atoms with Crippen LogP contribution in [0.1, 0.15) is 11.1 Å². The summed E-state index contributed by atoms with van der Waals surface area (Å²) in [7, 11) is -9.97. The van der Waals surface area contributed by atoms with Gasteiger partial charge in [0.05, 0.1) is 22.5 Å². The third kappa shape index (κ3) is 8.12. The zero-order chi connectivity index (χ0) is 37.3. The second kappa shape index (κ2) is 14.3. The van der Waals surface area contributed by atoms with E-state index in [9.17, 15) is 65.5 Å². The molecular formula is C28H18Br2N4O14S2. The summed E-state index contributed by atoms with van der Waals surface area (Å²) in [5.41, 5.74) is 1.36. The molecule has 0 amide bonds. The first-order chi connectivity index (χ1) is 23.2. The Morgan fingerprint density at radius 3 is 1.30 bits per heavy atom. The number of aliphatic carboxylic acids is 2. The largest absolute Gasteiger partial charge is 0.504 e. The van der Waals surface area contributed by atoms with Gasteiger partial charge < -0.3 is 20.4 Å². The van der Waals surface area contributed by atoms with Crippen LogP contribution in [-0.2, 0) is 39.4 Å². The molecule has 50 heavy (non-hydrogen) atoms. The van der Waals surface area contributed by atoms with E-state index in [4.69, 9.17) is 0 Å². The van der Waals surface area contributed by atoms with Gasteiger partial charge in [0.2, 0.25) is 0 Å². The number of hydrogen-bond donors (Lipinski definition) is 8. The van der Waals surface area contributed by atoms with Gasteiger partial charge in [0.15, 0.2) is 23.1 Å². The van der Waals surface area contributed by atoms with E-state index < -0.39 is 87.6 Å². The first-order valence-corrected chi connectivity index (χ1v) is 17.4. The molecule has 260 valence electrons. The molecule has 0 spiro atoms. The number of benzene rings is 2. The topological polar surface area (TPSA) is 307 Å². The third-order valence-corrected chi connectivity index (χ3v) is 9.79. The number of rotatable bonds is 10. The fourth-order valence-corrected chi connectivity index (χ4v) is 6.15. The highest BCUT2D eigenvalue weighted by molar-refractivity contribution is 9.12. The fourth-order valence-electron chi connectivity index (χ4n) is 4.12. The maximum Gasteiger partial charge on any atom is 0.338 e. The summed E-state index contributed by atoms with van der Waals surface area (Å²) in [4.78, 5) is 45.3. The van der Waals surface area contributed by atoms with E-state index in [1.165, 1.54) is 12.1 Å². The Balaban J connectivity index is 1.69. The van der Waals surface area contributed by atoms with Gasteiger partial charge in [-0.3, -0.25) is 29.5 Å². The van der Waals surface area contributed by atoms with Crippen molar-refractivity contribution >= 4 is 111 Å². The molecule has 0 bridgehead atoms. The molecule has 2 aromatic carbocycles. The van der Waals surface area contributed by atoms with Gasteiger partial charge in [0.1, 0.15) is 30.2 Å². The standard InChI is InChI=1S/C28H18Br2N4O14S2/c29-21-17(35)9-15(27(39)40)23(25(21)37)33-31-13-5-3-11(19(7-13)49(43,44)45)1-2-12-4-6-14(8-20(12)50(46,47)48)32-34-24-16(28(41)42)10-18(36)22(30)26(24)38/h1-10,31-32,37-38H,(H,39,40)(H,41,42)(H,43,44,45)(H,46,47,48)/b2-1+,33-23+,34-24+. The molecule has 4 rings (SSSR count). The lowest BCUT2D eigenvalue weighted by molar-refractivity contribution is -0.133. The van der Waals surface area contributed by atoms with Crippen molar-refractivity contribution in [3.05, 3.63) is 91.3 Å². The smallest absolute Gasteiger partial charge is 0.338 e. The Morgan fingerprint density at radius 2 is 1.00 bits per heavy atom. The van der Waals surface area contributed by atoms with E-state index in [0.29, 0.717) is 12.2 Å². The average molecular weight is 858 g/mol. The summed E-state index contributed by atoms with van der Waals surface area (Å²) in [5, 5.41) is 46.7. The predicted octanol–water partition coefficient (Wildman–Crippen LogP) is 3.40. The number of carboxylic acids is 2. The molecule has 8 N–H and O–H groups in total. The number of nitrogens with one attached hydrogen (secondary N) is 2. The van der Waals surface area contributed by atoms with Crippen molar-refractivity contribution in [1.82, 2.24) is 0 Å². The Hall–Kier alpha value is -5.26. The maximum atomic E-state index is 12.2. The first kappa shape index (κ1) is 37.6. The minimum Gasteiger partial charge on any atom is -0.504 e. The van der Waals surface area contributed by atoms with Crippen molar-refractivity contribution in [3.63, 3.8) is 0 Å². The van der Waals surface area contributed by atoms with E-state index >= 15 is 0 Å². The van der Waals surface area contributed by atoms with E-state index in [1.54, 1.807) is 0 Å². The minimum absolute atomic E-state index is 0.153. The van der Waals surface area contributed by atoms with Crippen molar-refractivity contribution < 1.29 is 65.5 Å². The fraction of sp³-hybridized carbons (Fsp3) is 0. The highest BCUT2D eigenvalue weighted by atomic mass is 79.9. The number of carbonyl (C=O) groups is 4. The Kier molecular flexibility index (Phi) is 10.7. The summed E-state index contributed by atoms with van der Waals surface area (Å²) < 4.78 is 67.9. The van der Waals surface area contributed by atoms with Crippen LogP contribution >= 0.6 is 31.9 Å². The third-order valence-electron chi connectivity index (χ3n) is 6.44. The van der Waals surface area contributed by atoms with Crippen LogP contribution in [-0.4, -0.2) is 81.3 Å². The molecule has 0 radical (unpaired) electrons. The van der Waals surface area contributed by atoms with Gasteiger partial charge >= 0.3 is 11.9 Å². The number of nitrogens with zero attached hydrogens (tertiary/aromatic N) is 2. The number of allylic oxidation sites excluding steroid dienone is 6. The maximum absolute atomic E-state index is 12.2. The second-order valence-corrected chi connectivity index (χ2v) is 14.1. The van der Waals surface area contributed by atoms with Crippen molar-refractivity contribution in [2.45, 2.75) is 9.79 Å². The van der Waals surface area contributed by atoms with Crippen LogP contribution in [0.15, 0.2) is 100 Å². The first-order valence-electron chi connectivity index (χ1n) is 13.0. The molecular weight excluding hydrogens is 840 g/mol. The van der Waals surface area contributed by atoms with Crippen molar-refractivity contribution in [2.24, 2.45) is 10.2 Å². The zero-order valence-corrected chi connectivity index (χ0v) is 29.0. The number of aliphatic hydroxyl groups is 2. The number of aliphatic hydroxyl groups excluding tert-OH is 2. The lowest BCUT2D eigenvalue weighted by atomic mass is 10.0. The van der Waals surface area contributed by atoms with Crippen LogP contribution in [0.2, 0.25) is 0 Å². The van der Waals surface area contributed by atoms with Crippen molar-refractivity contribution in [3.8, 4) is 0 Å². The van der Waals surface area contributed by atoms with Gasteiger partial charge in [-0.1, -0.05) is 24.3 Å². The lowest BCUT2D eigenvalue weighted by Crippen LogP contribution is -2.23. The monoisotopic (exact) mass is 856 g/mol. The summed E-state index contributed by atoms with van der Waals surface area (Å²) in [6.45, 7) is 0. The summed E-state index contributed by atoms with van der Waals surface area (Å²) in [6.07, 6.45) is 3.50. The number of hydrogen-bond acceptors (Lipinski definition) is 14. The number of halogens is 2. The zero-order valence-electron chi connectivity index (χ0n) is 24.2. The molecule has 2 aliphatic carbocycles. The molecule has 2 aromatic rings. The van der Waals surface area contributed by atoms with Crippen LogP contribution in [0.4, 0.5) is 11.4 Å². The SMILES string of the molecule is O=C(O)C1=CC(=O)C(Br)=C(O)/C1=N/Nc1ccc(/C=C/c2ccc(N/N=C3\C(C(=O)O)=CC(=O)C(Br)=C3O)cc2S(=O)(=O)O)c(S(=O)(=O)O)c1. The van der Waals surface area contributed by atoms with Gasteiger partial charge in [-0.05, 0) is 67.3 Å². The molecule has 0 atom stereocenters. The van der Waals surface area contributed by atoms with Gasteiger partial charge in [-0.2, -0.15) is 27.0 Å². The minimum atomic E-state index is -4.98. The van der Waals surface area contributed by atoms with E-state index in [0.717, 1.165) is 36.4 Å². The molecule has 0 saturated carbocycles. The highest BCUT2D eigenvalue weighted by Gasteiger charge is 2.31. The number of ketones is 2. The van der Waals surface area contributed by atoms with Crippen LogP contribution < -0.4 is 10.9 Å². The van der Waals surface area contributed by atoms with Crippen molar-refractivity contribution in [2.75, 3.05) is 10.9 Å². The number of hydrazone groups is 2. The summed E-state index contributed by atoms with van der Waals surface area (Å²) >= 11 is 5.62. The Morgan fingerprint density at radius 1 is 0.660 bits per heavy atom. The van der Waals surface area contributed by atoms with E-state index in [2.05, 4.69) is 52.9 Å². The van der Waals surface area contributed by atoms with Crippen LogP contribution in [0, 0.1) is 0 Å². The van der Waals surface area contributed by atoms with E-state index in [1.807, 2.05) is 0 Å². The molecule has 0 heterocycles. The second-order valence-electron chi connectivity index (χ2n) is 9.71. The quantitative estimate of drug-likeness (QED) is 0.0735. The molecule has 0 aliphatic heterocycles. The van der Waals surface area contributed by atoms with Crippen molar-refractivity contribution in [1.29, 1.82) is 0 Å². The van der Waals surface area contributed by atoms with Gasteiger partial charge in [0, 0.05) is 12.2 Å². The number of carbonyl (C=O) groups excluding carboxylic acids is 2. The normalized spacial score (nSPS) is 17.4.